The topological polar surface area (TPSA) is 38.0 Å². The number of nitrogens with zero attached hydrogens (tertiary/aromatic N) is 2. The Balaban J connectivity index is 2.17. The molecule has 0 saturated heterocycles. The van der Waals surface area contributed by atoms with E-state index in [1.807, 2.05) is 0 Å². The molecule has 1 aromatic carbocycles. The lowest BCUT2D eigenvalue weighted by Crippen LogP contribution is -2.23. The van der Waals surface area contributed by atoms with Crippen LogP contribution in [0.25, 0.3) is 11.4 Å². The van der Waals surface area contributed by atoms with E-state index >= 15 is 0 Å². The van der Waals surface area contributed by atoms with Crippen LogP contribution in [0.4, 0.5) is 13.2 Å². The normalized spacial score (nSPS) is 18.6. The van der Waals surface area contributed by atoms with Crippen LogP contribution in [0.2, 0.25) is 5.15 Å². The Kier molecular flexibility index (Phi) is 3.45. The maximum atomic E-state index is 13.1. The van der Waals surface area contributed by atoms with Crippen molar-refractivity contribution in [2.24, 2.45) is 0 Å². The molecule has 0 saturated carbocycles. The molecule has 2 heterocycles. The highest BCUT2D eigenvalue weighted by molar-refractivity contribution is 6.30. The van der Waals surface area contributed by atoms with Gasteiger partial charge < -0.3 is 9.67 Å². The van der Waals surface area contributed by atoms with Gasteiger partial charge in [0.15, 0.2) is 5.15 Å². The molecule has 7 heteroatoms. The second-order valence-electron chi connectivity index (χ2n) is 5.01. The van der Waals surface area contributed by atoms with Crippen molar-refractivity contribution in [1.82, 2.24) is 9.55 Å². The van der Waals surface area contributed by atoms with Gasteiger partial charge in [-0.25, -0.2) is 4.98 Å². The van der Waals surface area contributed by atoms with E-state index in [4.69, 9.17) is 11.6 Å². The molecule has 0 aliphatic carbocycles. The molecule has 1 aliphatic rings. The van der Waals surface area contributed by atoms with E-state index in [1.54, 1.807) is 4.57 Å². The molecule has 1 aromatic heterocycles. The number of hydrogen-bond acceptors (Lipinski definition) is 2. The summed E-state index contributed by atoms with van der Waals surface area (Å²) in [5.41, 5.74) is -0.141. The Labute approximate surface area is 124 Å². The summed E-state index contributed by atoms with van der Waals surface area (Å²) in [6.07, 6.45) is -4.21. The van der Waals surface area contributed by atoms with E-state index in [-0.39, 0.29) is 16.5 Å². The van der Waals surface area contributed by atoms with E-state index in [2.05, 4.69) is 4.98 Å². The van der Waals surface area contributed by atoms with Gasteiger partial charge in [-0.1, -0.05) is 29.8 Å². The second-order valence-corrected chi connectivity index (χ2v) is 5.37. The first-order valence-electron chi connectivity index (χ1n) is 6.47. The van der Waals surface area contributed by atoms with Crippen LogP contribution in [-0.2, 0) is 19.1 Å². The maximum Gasteiger partial charge on any atom is 0.417 e. The van der Waals surface area contributed by atoms with Crippen LogP contribution >= 0.6 is 11.6 Å². The first kappa shape index (κ1) is 14.4. The summed E-state index contributed by atoms with van der Waals surface area (Å²) in [5.74, 6) is 0.204. The van der Waals surface area contributed by atoms with Gasteiger partial charge in [0.05, 0.1) is 17.4 Å². The zero-order valence-corrected chi connectivity index (χ0v) is 11.6. The molecule has 1 aliphatic heterocycles. The van der Waals surface area contributed by atoms with Gasteiger partial charge in [-0.2, -0.15) is 13.2 Å². The molecule has 0 bridgehead atoms. The largest absolute Gasteiger partial charge is 0.417 e. The number of hydrogen-bond donors (Lipinski definition) is 1. The molecule has 0 fully saturated rings. The minimum atomic E-state index is -4.45. The van der Waals surface area contributed by atoms with Crippen molar-refractivity contribution in [3.05, 3.63) is 40.7 Å². The predicted molar refractivity (Wildman–Crippen MR) is 72.0 cm³/mol. The maximum absolute atomic E-state index is 13.1. The summed E-state index contributed by atoms with van der Waals surface area (Å²) in [6, 6.07) is 5.30. The molecular weight excluding hydrogens is 305 g/mol. The molecular formula is C14H12ClF3N2O. The Hall–Kier alpha value is -1.53. The van der Waals surface area contributed by atoms with E-state index in [0.717, 1.165) is 6.07 Å². The second kappa shape index (κ2) is 5.03. The Morgan fingerprint density at radius 2 is 2.00 bits per heavy atom. The number of alkyl halides is 3. The van der Waals surface area contributed by atoms with Crippen molar-refractivity contribution in [2.45, 2.75) is 31.7 Å². The number of aliphatic hydroxyl groups is 1. The van der Waals surface area contributed by atoms with Gasteiger partial charge in [-0.05, 0) is 12.5 Å². The standard InChI is InChI=1S/C14H12ClF3N2O/c15-12-11-7-8(21)5-6-20(11)13(19-12)9-3-1-2-4-10(9)14(16,17)18/h1-4,8,21H,5-7H2. The molecule has 2 aromatic rings. The summed E-state index contributed by atoms with van der Waals surface area (Å²) < 4.78 is 41.0. The molecule has 0 amide bonds. The third-order valence-corrected chi connectivity index (χ3v) is 3.91. The van der Waals surface area contributed by atoms with E-state index < -0.39 is 17.8 Å². The monoisotopic (exact) mass is 316 g/mol. The lowest BCUT2D eigenvalue weighted by atomic mass is 10.0. The summed E-state index contributed by atoms with van der Waals surface area (Å²) in [4.78, 5) is 4.09. The summed E-state index contributed by atoms with van der Waals surface area (Å²) >= 11 is 6.02. The molecule has 3 nitrogen and oxygen atoms in total. The number of aromatic nitrogens is 2. The summed E-state index contributed by atoms with van der Waals surface area (Å²) in [7, 11) is 0. The highest BCUT2D eigenvalue weighted by Crippen LogP contribution is 2.38. The van der Waals surface area contributed by atoms with Crippen LogP contribution in [0.5, 0.6) is 0 Å². The quantitative estimate of drug-likeness (QED) is 0.874. The molecule has 1 atom stereocenters. The number of benzene rings is 1. The lowest BCUT2D eigenvalue weighted by Gasteiger charge is -2.22. The number of rotatable bonds is 1. The van der Waals surface area contributed by atoms with Crippen LogP contribution < -0.4 is 0 Å². The lowest BCUT2D eigenvalue weighted by molar-refractivity contribution is -0.137. The van der Waals surface area contributed by atoms with Gasteiger partial charge in [-0.15, -0.1) is 0 Å². The Morgan fingerprint density at radius 1 is 1.29 bits per heavy atom. The SMILES string of the molecule is OC1CCn2c(-c3ccccc3C(F)(F)F)nc(Cl)c2C1. The predicted octanol–water partition coefficient (Wildman–Crippen LogP) is 3.53. The average molecular weight is 317 g/mol. The van der Waals surface area contributed by atoms with Crippen LogP contribution in [0, 0.1) is 0 Å². The highest BCUT2D eigenvalue weighted by atomic mass is 35.5. The molecule has 3 rings (SSSR count). The molecule has 0 spiro atoms. The van der Waals surface area contributed by atoms with Gasteiger partial charge in [-0.3, -0.25) is 0 Å². The van der Waals surface area contributed by atoms with Crippen LogP contribution in [0.3, 0.4) is 0 Å². The van der Waals surface area contributed by atoms with E-state index in [9.17, 15) is 18.3 Å². The minimum Gasteiger partial charge on any atom is -0.393 e. The van der Waals surface area contributed by atoms with Crippen molar-refractivity contribution >= 4 is 11.6 Å². The van der Waals surface area contributed by atoms with Crippen molar-refractivity contribution in [2.75, 3.05) is 0 Å². The molecule has 112 valence electrons. The van der Waals surface area contributed by atoms with Crippen molar-refractivity contribution < 1.29 is 18.3 Å². The van der Waals surface area contributed by atoms with Gasteiger partial charge in [0.25, 0.3) is 0 Å². The summed E-state index contributed by atoms with van der Waals surface area (Å²) in [6.45, 7) is 0.401. The fourth-order valence-corrected chi connectivity index (χ4v) is 2.89. The minimum absolute atomic E-state index is 0.00883. The van der Waals surface area contributed by atoms with Gasteiger partial charge in [0, 0.05) is 18.5 Å². The summed E-state index contributed by atoms with van der Waals surface area (Å²) in [5, 5.41) is 9.82. The Morgan fingerprint density at radius 3 is 2.71 bits per heavy atom. The fourth-order valence-electron chi connectivity index (χ4n) is 2.63. The van der Waals surface area contributed by atoms with Crippen molar-refractivity contribution in [3.8, 4) is 11.4 Å². The first-order chi connectivity index (χ1) is 9.88. The molecule has 0 radical (unpaired) electrons. The fraction of sp³-hybridized carbons (Fsp3) is 0.357. The molecule has 21 heavy (non-hydrogen) atoms. The van der Waals surface area contributed by atoms with Gasteiger partial charge in [0.2, 0.25) is 0 Å². The zero-order valence-electron chi connectivity index (χ0n) is 10.9. The van der Waals surface area contributed by atoms with E-state index in [1.165, 1.54) is 18.2 Å². The number of halogens is 4. The first-order valence-corrected chi connectivity index (χ1v) is 6.85. The van der Waals surface area contributed by atoms with Crippen LogP contribution in [-0.4, -0.2) is 20.8 Å². The van der Waals surface area contributed by atoms with Crippen molar-refractivity contribution in [3.63, 3.8) is 0 Å². The van der Waals surface area contributed by atoms with Crippen LogP contribution in [0.15, 0.2) is 24.3 Å². The Bertz CT molecular complexity index is 681. The number of fused-ring (bicyclic) bond motifs is 1. The molecule has 1 N–H and O–H groups in total. The van der Waals surface area contributed by atoms with E-state index in [0.29, 0.717) is 25.1 Å². The van der Waals surface area contributed by atoms with Crippen LogP contribution in [0.1, 0.15) is 17.7 Å². The highest BCUT2D eigenvalue weighted by Gasteiger charge is 2.35. The third-order valence-electron chi connectivity index (χ3n) is 3.61. The number of aliphatic hydroxyl groups excluding tert-OH is 1. The van der Waals surface area contributed by atoms with Gasteiger partial charge >= 0.3 is 6.18 Å². The number of imidazole rings is 1. The molecule has 1 unspecified atom stereocenters. The third kappa shape index (κ3) is 2.53. The average Bonchev–Trinajstić information content (AvgIpc) is 2.75. The van der Waals surface area contributed by atoms with Crippen molar-refractivity contribution in [1.29, 1.82) is 0 Å². The van der Waals surface area contributed by atoms with Gasteiger partial charge in [0.1, 0.15) is 5.82 Å². The zero-order chi connectivity index (χ0) is 15.2. The smallest absolute Gasteiger partial charge is 0.393 e.